The molecule has 0 unspecified atom stereocenters. The van der Waals surface area contributed by atoms with Gasteiger partial charge < -0.3 is 10.6 Å². The molecule has 0 saturated heterocycles. The summed E-state index contributed by atoms with van der Waals surface area (Å²) in [5.74, 6) is -0.547. The molecule has 28 heavy (non-hydrogen) atoms. The van der Waals surface area contributed by atoms with Gasteiger partial charge in [-0.25, -0.2) is 0 Å². The minimum atomic E-state index is -0.299. The third kappa shape index (κ3) is 3.76. The number of benzene rings is 3. The van der Waals surface area contributed by atoms with E-state index in [2.05, 4.69) is 10.6 Å². The summed E-state index contributed by atoms with van der Waals surface area (Å²) in [5, 5.41) is 6.95. The van der Waals surface area contributed by atoms with Crippen molar-refractivity contribution in [3.05, 3.63) is 94.3 Å². The molecule has 1 aromatic heterocycles. The van der Waals surface area contributed by atoms with Gasteiger partial charge in [-0.15, -0.1) is 11.3 Å². The van der Waals surface area contributed by atoms with Gasteiger partial charge in [-0.1, -0.05) is 54.1 Å². The Morgan fingerprint density at radius 3 is 2.21 bits per heavy atom. The molecule has 6 heteroatoms. The number of thiophene rings is 1. The van der Waals surface area contributed by atoms with Crippen molar-refractivity contribution in [1.29, 1.82) is 0 Å². The lowest BCUT2D eigenvalue weighted by Gasteiger charge is -2.08. The minimum absolute atomic E-state index is 0.248. The second kappa shape index (κ2) is 7.84. The van der Waals surface area contributed by atoms with Gasteiger partial charge in [0, 0.05) is 27.0 Å². The highest BCUT2D eigenvalue weighted by atomic mass is 35.5. The molecule has 0 aliphatic heterocycles. The molecule has 0 bridgehead atoms. The first kappa shape index (κ1) is 18.2. The Morgan fingerprint density at radius 2 is 1.43 bits per heavy atom. The van der Waals surface area contributed by atoms with Gasteiger partial charge in [-0.2, -0.15) is 0 Å². The van der Waals surface area contributed by atoms with E-state index in [1.807, 2.05) is 54.6 Å². The van der Waals surface area contributed by atoms with E-state index in [-0.39, 0.29) is 11.8 Å². The summed E-state index contributed by atoms with van der Waals surface area (Å²) in [5.41, 5.74) is 1.68. The van der Waals surface area contributed by atoms with Crippen molar-refractivity contribution in [3.8, 4) is 0 Å². The fraction of sp³-hybridized carbons (Fsp3) is 0. The van der Waals surface area contributed by atoms with Crippen LogP contribution in [0.4, 0.5) is 11.4 Å². The highest BCUT2D eigenvalue weighted by Gasteiger charge is 2.17. The van der Waals surface area contributed by atoms with E-state index in [0.717, 1.165) is 10.1 Å². The molecule has 0 spiro atoms. The van der Waals surface area contributed by atoms with E-state index in [1.54, 1.807) is 24.3 Å². The second-order valence-corrected chi connectivity index (χ2v) is 7.53. The van der Waals surface area contributed by atoms with E-state index in [4.69, 9.17) is 11.6 Å². The summed E-state index contributed by atoms with van der Waals surface area (Å²) in [6.45, 7) is 0. The third-order valence-electron chi connectivity index (χ3n) is 4.16. The first-order chi connectivity index (χ1) is 13.6. The molecule has 3 aromatic carbocycles. The van der Waals surface area contributed by atoms with Crippen molar-refractivity contribution < 1.29 is 9.59 Å². The van der Waals surface area contributed by atoms with Gasteiger partial charge in [0.25, 0.3) is 11.8 Å². The smallest absolute Gasteiger partial charge is 0.267 e. The molecular weight excluding hydrogens is 392 g/mol. The summed E-state index contributed by atoms with van der Waals surface area (Å²) in [7, 11) is 0. The van der Waals surface area contributed by atoms with Gasteiger partial charge in [0.05, 0.1) is 5.02 Å². The average Bonchev–Trinajstić information content (AvgIpc) is 3.06. The number of halogens is 1. The number of amides is 2. The second-order valence-electron chi connectivity index (χ2n) is 6.10. The molecule has 0 fully saturated rings. The molecule has 138 valence electrons. The summed E-state index contributed by atoms with van der Waals surface area (Å²) < 4.78 is 0.952. The van der Waals surface area contributed by atoms with Crippen LogP contribution >= 0.6 is 22.9 Å². The molecule has 2 amide bonds. The largest absolute Gasteiger partial charge is 0.322 e. The van der Waals surface area contributed by atoms with Crippen LogP contribution in [0.2, 0.25) is 5.02 Å². The standard InChI is InChI=1S/C22H15ClN2O2S/c23-19-17-11-4-5-12-18(17)28-20(19)22(27)25-16-10-6-7-14(13-16)21(26)24-15-8-2-1-3-9-15/h1-13H,(H,24,26)(H,25,27). The lowest BCUT2D eigenvalue weighted by molar-refractivity contribution is 0.101. The highest BCUT2D eigenvalue weighted by Crippen LogP contribution is 2.35. The van der Waals surface area contributed by atoms with E-state index in [0.29, 0.717) is 26.8 Å². The number of anilines is 2. The number of carbonyl (C=O) groups is 2. The molecule has 2 N–H and O–H groups in total. The SMILES string of the molecule is O=C(Nc1ccccc1)c1cccc(NC(=O)c2sc3ccccc3c2Cl)c1. The lowest BCUT2D eigenvalue weighted by atomic mass is 10.1. The van der Waals surface area contributed by atoms with Crippen molar-refractivity contribution in [2.45, 2.75) is 0 Å². The Bertz CT molecular complexity index is 1170. The number of fused-ring (bicyclic) bond motifs is 1. The zero-order valence-corrected chi connectivity index (χ0v) is 16.2. The Hall–Kier alpha value is -3.15. The lowest BCUT2D eigenvalue weighted by Crippen LogP contribution is -2.14. The van der Waals surface area contributed by atoms with Gasteiger partial charge >= 0.3 is 0 Å². The van der Waals surface area contributed by atoms with Crippen LogP contribution in [0.25, 0.3) is 10.1 Å². The molecule has 4 rings (SSSR count). The van der Waals surface area contributed by atoms with E-state index < -0.39 is 0 Å². The summed E-state index contributed by atoms with van der Waals surface area (Å²) in [6.07, 6.45) is 0. The van der Waals surface area contributed by atoms with Crippen molar-refractivity contribution in [2.75, 3.05) is 10.6 Å². The monoisotopic (exact) mass is 406 g/mol. The number of rotatable bonds is 4. The fourth-order valence-corrected chi connectivity index (χ4v) is 4.22. The van der Waals surface area contributed by atoms with E-state index in [1.165, 1.54) is 11.3 Å². The number of para-hydroxylation sites is 1. The quantitative estimate of drug-likeness (QED) is 0.432. The normalized spacial score (nSPS) is 10.6. The van der Waals surface area contributed by atoms with Crippen LogP contribution < -0.4 is 10.6 Å². The number of carbonyl (C=O) groups excluding carboxylic acids is 2. The van der Waals surface area contributed by atoms with Gasteiger partial charge in [0.2, 0.25) is 0 Å². The molecule has 0 aliphatic carbocycles. The molecule has 4 nitrogen and oxygen atoms in total. The summed E-state index contributed by atoms with van der Waals surface area (Å²) >= 11 is 7.72. The molecule has 0 saturated carbocycles. The van der Waals surface area contributed by atoms with Crippen LogP contribution in [-0.2, 0) is 0 Å². The molecule has 0 atom stereocenters. The van der Waals surface area contributed by atoms with Crippen molar-refractivity contribution >= 4 is 56.2 Å². The maximum absolute atomic E-state index is 12.7. The summed E-state index contributed by atoms with van der Waals surface area (Å²) in [6, 6.07) is 23.6. The van der Waals surface area contributed by atoms with Crippen LogP contribution in [0, 0.1) is 0 Å². The van der Waals surface area contributed by atoms with E-state index in [9.17, 15) is 9.59 Å². The Morgan fingerprint density at radius 1 is 0.750 bits per heavy atom. The third-order valence-corrected chi connectivity index (χ3v) is 5.83. The van der Waals surface area contributed by atoms with Crippen LogP contribution in [0.5, 0.6) is 0 Å². The Labute approximate surface area is 170 Å². The Balaban J connectivity index is 1.53. The molecular formula is C22H15ClN2O2S. The van der Waals surface area contributed by atoms with E-state index >= 15 is 0 Å². The average molecular weight is 407 g/mol. The van der Waals surface area contributed by atoms with Gasteiger partial charge in [0.15, 0.2) is 0 Å². The predicted octanol–water partition coefficient (Wildman–Crippen LogP) is 6.06. The fourth-order valence-electron chi connectivity index (χ4n) is 2.81. The number of nitrogens with one attached hydrogen (secondary N) is 2. The predicted molar refractivity (Wildman–Crippen MR) is 116 cm³/mol. The van der Waals surface area contributed by atoms with Crippen LogP contribution in [0.3, 0.4) is 0 Å². The van der Waals surface area contributed by atoms with Gasteiger partial charge in [-0.05, 0) is 36.4 Å². The first-order valence-corrected chi connectivity index (χ1v) is 9.76. The van der Waals surface area contributed by atoms with Gasteiger partial charge in [0.1, 0.15) is 4.88 Å². The highest BCUT2D eigenvalue weighted by molar-refractivity contribution is 7.21. The zero-order valence-electron chi connectivity index (χ0n) is 14.6. The maximum atomic E-state index is 12.7. The first-order valence-electron chi connectivity index (χ1n) is 8.56. The van der Waals surface area contributed by atoms with Crippen molar-refractivity contribution in [1.82, 2.24) is 0 Å². The van der Waals surface area contributed by atoms with Gasteiger partial charge in [-0.3, -0.25) is 9.59 Å². The minimum Gasteiger partial charge on any atom is -0.322 e. The molecule has 0 radical (unpaired) electrons. The van der Waals surface area contributed by atoms with Crippen LogP contribution in [0.15, 0.2) is 78.9 Å². The zero-order chi connectivity index (χ0) is 19.5. The topological polar surface area (TPSA) is 58.2 Å². The van der Waals surface area contributed by atoms with Crippen molar-refractivity contribution in [2.24, 2.45) is 0 Å². The van der Waals surface area contributed by atoms with Crippen LogP contribution in [0.1, 0.15) is 20.0 Å². The summed E-state index contributed by atoms with van der Waals surface area (Å²) in [4.78, 5) is 25.6. The maximum Gasteiger partial charge on any atom is 0.267 e. The van der Waals surface area contributed by atoms with Crippen molar-refractivity contribution in [3.63, 3.8) is 0 Å². The van der Waals surface area contributed by atoms with Crippen LogP contribution in [-0.4, -0.2) is 11.8 Å². The Kier molecular flexibility index (Phi) is 5.10. The molecule has 1 heterocycles. The number of hydrogen-bond acceptors (Lipinski definition) is 3. The molecule has 4 aromatic rings. The molecule has 0 aliphatic rings. The number of hydrogen-bond donors (Lipinski definition) is 2.